The van der Waals surface area contributed by atoms with Crippen LogP contribution in [0.1, 0.15) is 34.8 Å². The third kappa shape index (κ3) is 5.43. The van der Waals surface area contributed by atoms with E-state index in [-0.39, 0.29) is 18.6 Å². The number of carbonyl (C=O) groups is 2. The lowest BCUT2D eigenvalue weighted by atomic mass is 10.0. The van der Waals surface area contributed by atoms with Crippen molar-refractivity contribution in [2.75, 3.05) is 33.4 Å². The third-order valence-corrected chi connectivity index (χ3v) is 5.44. The number of hydrogen-bond donors (Lipinski definition) is 2. The van der Waals surface area contributed by atoms with E-state index < -0.39 is 5.91 Å². The highest BCUT2D eigenvalue weighted by atomic mass is 35.5. The Balaban J connectivity index is 1.72. The molecule has 0 saturated carbocycles. The molecule has 3 N–H and O–H groups in total. The Morgan fingerprint density at radius 3 is 2.57 bits per heavy atom. The quantitative estimate of drug-likeness (QED) is 0.636. The Bertz CT molecular complexity index is 900. The number of likely N-dealkylation sites (tertiary alicyclic amines) is 1. The van der Waals surface area contributed by atoms with E-state index in [4.69, 9.17) is 26.8 Å². The van der Waals surface area contributed by atoms with Crippen LogP contribution in [0.4, 0.5) is 0 Å². The number of carbonyl (C=O) groups excluding carboxylic acids is 2. The fourth-order valence-electron chi connectivity index (χ4n) is 3.60. The van der Waals surface area contributed by atoms with Gasteiger partial charge < -0.3 is 20.5 Å². The van der Waals surface area contributed by atoms with E-state index in [2.05, 4.69) is 10.2 Å². The van der Waals surface area contributed by atoms with E-state index in [1.54, 1.807) is 18.2 Å². The SMILES string of the molecule is COc1cc(C(=O)NCC(c2ccccc2Cl)N2CCCC2)ccc1OCC(N)=O. The molecule has 1 aliphatic heterocycles. The zero-order valence-corrected chi connectivity index (χ0v) is 17.7. The number of benzene rings is 2. The van der Waals surface area contributed by atoms with Gasteiger partial charge in [-0.05, 0) is 55.8 Å². The first-order valence-corrected chi connectivity index (χ1v) is 10.2. The van der Waals surface area contributed by atoms with Gasteiger partial charge in [0.1, 0.15) is 0 Å². The van der Waals surface area contributed by atoms with Crippen LogP contribution in [-0.4, -0.2) is 50.1 Å². The van der Waals surface area contributed by atoms with Gasteiger partial charge in [0.2, 0.25) is 0 Å². The van der Waals surface area contributed by atoms with Crippen molar-refractivity contribution in [3.05, 3.63) is 58.6 Å². The minimum Gasteiger partial charge on any atom is -0.493 e. The molecule has 0 spiro atoms. The zero-order valence-electron chi connectivity index (χ0n) is 16.9. The van der Waals surface area contributed by atoms with Crippen LogP contribution < -0.4 is 20.5 Å². The molecule has 1 saturated heterocycles. The van der Waals surface area contributed by atoms with E-state index in [0.717, 1.165) is 31.5 Å². The molecule has 0 aromatic heterocycles. The van der Waals surface area contributed by atoms with Crippen molar-refractivity contribution < 1.29 is 19.1 Å². The van der Waals surface area contributed by atoms with Gasteiger partial charge in [-0.25, -0.2) is 0 Å². The highest BCUT2D eigenvalue weighted by Gasteiger charge is 2.25. The molecule has 1 unspecified atom stereocenters. The van der Waals surface area contributed by atoms with Crippen LogP contribution in [0.15, 0.2) is 42.5 Å². The first-order valence-electron chi connectivity index (χ1n) is 9.85. The lowest BCUT2D eigenvalue weighted by Gasteiger charge is -2.29. The smallest absolute Gasteiger partial charge is 0.255 e. The minimum absolute atomic E-state index is 0.00483. The van der Waals surface area contributed by atoms with Crippen LogP contribution in [0.25, 0.3) is 0 Å². The average Bonchev–Trinajstić information content (AvgIpc) is 3.27. The number of rotatable bonds is 9. The van der Waals surface area contributed by atoms with E-state index in [0.29, 0.717) is 28.6 Å². The van der Waals surface area contributed by atoms with Crippen LogP contribution >= 0.6 is 11.6 Å². The molecule has 1 fully saturated rings. The summed E-state index contributed by atoms with van der Waals surface area (Å²) < 4.78 is 10.6. The monoisotopic (exact) mass is 431 g/mol. The molecule has 1 atom stereocenters. The maximum Gasteiger partial charge on any atom is 0.255 e. The molecule has 0 bridgehead atoms. The van der Waals surface area contributed by atoms with Gasteiger partial charge >= 0.3 is 0 Å². The van der Waals surface area contributed by atoms with Crippen molar-refractivity contribution in [3.63, 3.8) is 0 Å². The Hall–Kier alpha value is -2.77. The summed E-state index contributed by atoms with van der Waals surface area (Å²) >= 11 is 6.44. The summed E-state index contributed by atoms with van der Waals surface area (Å²) in [6, 6.07) is 12.5. The summed E-state index contributed by atoms with van der Waals surface area (Å²) in [7, 11) is 1.47. The standard InChI is InChI=1S/C22H26ClN3O4/c1-29-20-12-15(8-9-19(20)30-14-21(24)27)22(28)25-13-18(26-10-4-5-11-26)16-6-2-3-7-17(16)23/h2-3,6-9,12,18H,4-5,10-11,13-14H2,1H3,(H2,24,27)(H,25,28). The molecule has 3 rings (SSSR count). The van der Waals surface area contributed by atoms with Crippen LogP contribution in [0.3, 0.4) is 0 Å². The molecular weight excluding hydrogens is 406 g/mol. The van der Waals surface area contributed by atoms with Gasteiger partial charge in [-0.15, -0.1) is 0 Å². The van der Waals surface area contributed by atoms with Crippen LogP contribution in [0.2, 0.25) is 5.02 Å². The van der Waals surface area contributed by atoms with Crippen molar-refractivity contribution in [2.24, 2.45) is 5.73 Å². The number of halogens is 1. The van der Waals surface area contributed by atoms with Gasteiger partial charge in [-0.3, -0.25) is 14.5 Å². The summed E-state index contributed by atoms with van der Waals surface area (Å²) in [4.78, 5) is 26.1. The van der Waals surface area contributed by atoms with Gasteiger partial charge in [0.25, 0.3) is 11.8 Å². The average molecular weight is 432 g/mol. The van der Waals surface area contributed by atoms with E-state index in [1.807, 2.05) is 24.3 Å². The predicted molar refractivity (Wildman–Crippen MR) is 115 cm³/mol. The van der Waals surface area contributed by atoms with Crippen molar-refractivity contribution in [1.29, 1.82) is 0 Å². The molecule has 30 heavy (non-hydrogen) atoms. The highest BCUT2D eigenvalue weighted by molar-refractivity contribution is 6.31. The molecule has 2 amide bonds. The number of amides is 2. The summed E-state index contributed by atoms with van der Waals surface area (Å²) in [6.07, 6.45) is 2.28. The summed E-state index contributed by atoms with van der Waals surface area (Å²) in [5.41, 5.74) is 6.54. The van der Waals surface area contributed by atoms with Crippen molar-refractivity contribution in [3.8, 4) is 11.5 Å². The second-order valence-corrected chi connectivity index (χ2v) is 7.52. The maximum atomic E-state index is 12.8. The van der Waals surface area contributed by atoms with Gasteiger partial charge in [0, 0.05) is 17.1 Å². The van der Waals surface area contributed by atoms with Crippen LogP contribution in [-0.2, 0) is 4.79 Å². The Kier molecular flexibility index (Phi) is 7.54. The lowest BCUT2D eigenvalue weighted by molar-refractivity contribution is -0.119. The number of primary amides is 1. The van der Waals surface area contributed by atoms with Crippen LogP contribution in [0, 0.1) is 0 Å². The van der Waals surface area contributed by atoms with E-state index in [1.165, 1.54) is 7.11 Å². The largest absolute Gasteiger partial charge is 0.493 e. The fourth-order valence-corrected chi connectivity index (χ4v) is 3.86. The molecule has 8 heteroatoms. The number of hydrogen-bond acceptors (Lipinski definition) is 5. The van der Waals surface area contributed by atoms with Crippen molar-refractivity contribution >= 4 is 23.4 Å². The number of nitrogens with two attached hydrogens (primary N) is 1. The van der Waals surface area contributed by atoms with Crippen molar-refractivity contribution in [2.45, 2.75) is 18.9 Å². The van der Waals surface area contributed by atoms with E-state index in [9.17, 15) is 9.59 Å². The molecule has 2 aromatic carbocycles. The number of ether oxygens (including phenoxy) is 2. The van der Waals surface area contributed by atoms with Crippen molar-refractivity contribution in [1.82, 2.24) is 10.2 Å². The molecule has 1 heterocycles. The first kappa shape index (κ1) is 21.9. The normalized spacial score (nSPS) is 14.9. The topological polar surface area (TPSA) is 93.9 Å². The summed E-state index contributed by atoms with van der Waals surface area (Å²) in [6.45, 7) is 2.12. The van der Waals surface area contributed by atoms with Crippen LogP contribution in [0.5, 0.6) is 11.5 Å². The van der Waals surface area contributed by atoms with Gasteiger partial charge in [-0.2, -0.15) is 0 Å². The van der Waals surface area contributed by atoms with Gasteiger partial charge in [0.05, 0.1) is 13.2 Å². The minimum atomic E-state index is -0.591. The number of nitrogens with one attached hydrogen (secondary N) is 1. The molecule has 160 valence electrons. The van der Waals surface area contributed by atoms with E-state index >= 15 is 0 Å². The molecule has 0 aliphatic carbocycles. The lowest BCUT2D eigenvalue weighted by Crippen LogP contribution is -2.37. The first-order chi connectivity index (χ1) is 14.5. The number of methoxy groups -OCH3 is 1. The Morgan fingerprint density at radius 2 is 1.90 bits per heavy atom. The second kappa shape index (κ2) is 10.3. The summed E-state index contributed by atoms with van der Waals surface area (Å²) in [5.74, 6) is -0.123. The van der Waals surface area contributed by atoms with Gasteiger partial charge in [0.15, 0.2) is 18.1 Å². The Labute approximate surface area is 181 Å². The maximum absolute atomic E-state index is 12.8. The molecule has 1 aliphatic rings. The summed E-state index contributed by atoms with van der Waals surface area (Å²) in [5, 5.41) is 3.71. The second-order valence-electron chi connectivity index (χ2n) is 7.11. The predicted octanol–water partition coefficient (Wildman–Crippen LogP) is 2.78. The molecule has 0 radical (unpaired) electrons. The highest BCUT2D eigenvalue weighted by Crippen LogP contribution is 2.30. The zero-order chi connectivity index (χ0) is 21.5. The molecular formula is C22H26ClN3O4. The molecule has 2 aromatic rings. The third-order valence-electron chi connectivity index (χ3n) is 5.10. The number of nitrogens with zero attached hydrogens (tertiary/aromatic N) is 1. The Morgan fingerprint density at radius 1 is 1.17 bits per heavy atom. The van der Waals surface area contributed by atoms with Gasteiger partial charge in [-0.1, -0.05) is 29.8 Å². The molecule has 7 nitrogen and oxygen atoms in total. The fraction of sp³-hybridized carbons (Fsp3) is 0.364.